The number of carbonyl (C=O) groups excluding carboxylic acids is 2. The fourth-order valence-electron chi connectivity index (χ4n) is 3.95. The fraction of sp³-hybridized carbons (Fsp3) is 0.240. The molecule has 10 heteroatoms. The van der Waals surface area contributed by atoms with Crippen molar-refractivity contribution in [1.82, 2.24) is 15.3 Å². The minimum absolute atomic E-state index is 0.0515. The first kappa shape index (κ1) is 22.3. The molecular formula is C25H22N6O4. The van der Waals surface area contributed by atoms with E-state index in [9.17, 15) is 9.59 Å². The normalized spacial score (nSPS) is 16.7. The zero-order valence-corrected chi connectivity index (χ0v) is 18.7. The van der Waals surface area contributed by atoms with Crippen molar-refractivity contribution in [3.8, 4) is 23.1 Å². The summed E-state index contributed by atoms with van der Waals surface area (Å²) < 4.78 is 10.8. The lowest BCUT2D eigenvalue weighted by molar-refractivity contribution is -0.118. The van der Waals surface area contributed by atoms with Gasteiger partial charge in [-0.25, -0.2) is 9.78 Å². The molecule has 1 fully saturated rings. The lowest BCUT2D eigenvalue weighted by Crippen LogP contribution is -2.29. The minimum Gasteiger partial charge on any atom is -0.480 e. The molecule has 1 atom stereocenters. The van der Waals surface area contributed by atoms with Crippen LogP contribution in [0.1, 0.15) is 17.5 Å². The van der Waals surface area contributed by atoms with Gasteiger partial charge in [0, 0.05) is 18.3 Å². The second-order valence-electron chi connectivity index (χ2n) is 8.18. The van der Waals surface area contributed by atoms with Gasteiger partial charge in [-0.15, -0.1) is 0 Å². The van der Waals surface area contributed by atoms with E-state index in [0.29, 0.717) is 49.0 Å². The Balaban J connectivity index is 1.14. The van der Waals surface area contributed by atoms with Gasteiger partial charge in [0.2, 0.25) is 0 Å². The molecule has 10 nitrogen and oxygen atoms in total. The SMILES string of the molecule is N#Cc1cccc(-c2cc(CNCC[C@H]3CN(c4ccc5c(n4)NC(=O)CO5)C(=O)O3)ccn2)c1. The van der Waals surface area contributed by atoms with Crippen LogP contribution in [0.3, 0.4) is 0 Å². The van der Waals surface area contributed by atoms with Gasteiger partial charge in [0.05, 0.1) is 23.9 Å². The summed E-state index contributed by atoms with van der Waals surface area (Å²) in [5, 5.41) is 15.1. The number of hydrogen-bond donors (Lipinski definition) is 2. The smallest absolute Gasteiger partial charge is 0.415 e. The molecule has 2 aliphatic rings. The number of hydrogen-bond acceptors (Lipinski definition) is 8. The van der Waals surface area contributed by atoms with Crippen molar-refractivity contribution in [1.29, 1.82) is 5.26 Å². The zero-order chi connectivity index (χ0) is 24.2. The number of ether oxygens (including phenoxy) is 2. The molecular weight excluding hydrogens is 448 g/mol. The van der Waals surface area contributed by atoms with Crippen molar-refractivity contribution in [2.45, 2.75) is 19.1 Å². The molecule has 5 rings (SSSR count). The molecule has 176 valence electrons. The van der Waals surface area contributed by atoms with Crippen LogP contribution in [0.5, 0.6) is 5.75 Å². The highest BCUT2D eigenvalue weighted by atomic mass is 16.6. The molecule has 2 amide bonds. The first-order chi connectivity index (χ1) is 17.1. The second-order valence-corrected chi connectivity index (χ2v) is 8.18. The first-order valence-electron chi connectivity index (χ1n) is 11.2. The third-order valence-corrected chi connectivity index (χ3v) is 5.69. The van der Waals surface area contributed by atoms with Crippen molar-refractivity contribution in [2.24, 2.45) is 0 Å². The predicted molar refractivity (Wildman–Crippen MR) is 127 cm³/mol. The number of anilines is 2. The Labute approximate surface area is 201 Å². The first-order valence-corrected chi connectivity index (χ1v) is 11.2. The number of aromatic nitrogens is 2. The van der Waals surface area contributed by atoms with E-state index in [2.05, 4.69) is 26.7 Å². The Bertz CT molecular complexity index is 1320. The maximum absolute atomic E-state index is 12.4. The van der Waals surface area contributed by atoms with Crippen LogP contribution in [-0.2, 0) is 16.1 Å². The molecule has 0 spiro atoms. The van der Waals surface area contributed by atoms with E-state index in [1.807, 2.05) is 30.3 Å². The van der Waals surface area contributed by atoms with Gasteiger partial charge in [0.15, 0.2) is 18.2 Å². The molecule has 0 unspecified atom stereocenters. The summed E-state index contributed by atoms with van der Waals surface area (Å²) in [7, 11) is 0. The summed E-state index contributed by atoms with van der Waals surface area (Å²) in [6.45, 7) is 1.60. The van der Waals surface area contributed by atoms with E-state index in [-0.39, 0.29) is 18.6 Å². The van der Waals surface area contributed by atoms with Gasteiger partial charge in [-0.2, -0.15) is 5.26 Å². The number of fused-ring (bicyclic) bond motifs is 1. The molecule has 1 saturated heterocycles. The van der Waals surface area contributed by atoms with Gasteiger partial charge >= 0.3 is 6.09 Å². The van der Waals surface area contributed by atoms with Crippen LogP contribution in [-0.4, -0.2) is 47.8 Å². The van der Waals surface area contributed by atoms with Crippen LogP contribution in [0.2, 0.25) is 0 Å². The average Bonchev–Trinajstić information content (AvgIpc) is 3.26. The molecule has 2 aliphatic heterocycles. The summed E-state index contributed by atoms with van der Waals surface area (Å²) in [4.78, 5) is 34.1. The molecule has 4 heterocycles. The molecule has 2 aromatic heterocycles. The highest BCUT2D eigenvalue weighted by Crippen LogP contribution is 2.30. The number of amides is 2. The molecule has 1 aromatic carbocycles. The van der Waals surface area contributed by atoms with E-state index in [4.69, 9.17) is 14.7 Å². The second kappa shape index (κ2) is 9.79. The molecule has 0 aliphatic carbocycles. The van der Waals surface area contributed by atoms with Gasteiger partial charge in [-0.3, -0.25) is 14.7 Å². The Morgan fingerprint density at radius 1 is 1.20 bits per heavy atom. The van der Waals surface area contributed by atoms with Crippen LogP contribution < -0.4 is 20.3 Å². The number of nitriles is 1. The Morgan fingerprint density at radius 3 is 3.00 bits per heavy atom. The van der Waals surface area contributed by atoms with E-state index >= 15 is 0 Å². The van der Waals surface area contributed by atoms with Gasteiger partial charge in [0.1, 0.15) is 11.9 Å². The van der Waals surface area contributed by atoms with Crippen molar-refractivity contribution in [3.05, 3.63) is 65.9 Å². The number of carbonyl (C=O) groups is 2. The zero-order valence-electron chi connectivity index (χ0n) is 18.7. The maximum Gasteiger partial charge on any atom is 0.415 e. The van der Waals surface area contributed by atoms with Crippen molar-refractivity contribution < 1.29 is 19.1 Å². The molecule has 0 radical (unpaired) electrons. The van der Waals surface area contributed by atoms with Gasteiger partial charge in [-0.05, 0) is 54.9 Å². The summed E-state index contributed by atoms with van der Waals surface area (Å²) in [5.41, 5.74) is 3.35. The molecule has 3 aromatic rings. The average molecular weight is 470 g/mol. The summed E-state index contributed by atoms with van der Waals surface area (Å²) in [5.74, 6) is 0.887. The third kappa shape index (κ3) is 5.05. The molecule has 0 bridgehead atoms. The van der Waals surface area contributed by atoms with Crippen LogP contribution in [0, 0.1) is 11.3 Å². The number of benzene rings is 1. The minimum atomic E-state index is -0.469. The van der Waals surface area contributed by atoms with Gasteiger partial charge in [-0.1, -0.05) is 12.1 Å². The number of rotatable bonds is 7. The monoisotopic (exact) mass is 470 g/mol. The van der Waals surface area contributed by atoms with Crippen LogP contribution in [0.25, 0.3) is 11.3 Å². The number of nitrogens with zero attached hydrogens (tertiary/aromatic N) is 4. The number of cyclic esters (lactones) is 1. The van der Waals surface area contributed by atoms with Crippen LogP contribution in [0.4, 0.5) is 16.4 Å². The highest BCUT2D eigenvalue weighted by Gasteiger charge is 2.33. The lowest BCUT2D eigenvalue weighted by atomic mass is 10.1. The fourth-order valence-corrected chi connectivity index (χ4v) is 3.95. The van der Waals surface area contributed by atoms with E-state index in [1.54, 1.807) is 24.4 Å². The predicted octanol–water partition coefficient (Wildman–Crippen LogP) is 2.85. The Kier molecular flexibility index (Phi) is 6.24. The third-order valence-electron chi connectivity index (χ3n) is 5.69. The quantitative estimate of drug-likeness (QED) is 0.504. The van der Waals surface area contributed by atoms with E-state index in [1.165, 1.54) is 4.90 Å². The van der Waals surface area contributed by atoms with Gasteiger partial charge in [0.25, 0.3) is 5.91 Å². The Morgan fingerprint density at radius 2 is 2.11 bits per heavy atom. The summed E-state index contributed by atoms with van der Waals surface area (Å²) in [6.07, 6.45) is 1.64. The summed E-state index contributed by atoms with van der Waals surface area (Å²) >= 11 is 0. The van der Waals surface area contributed by atoms with Crippen molar-refractivity contribution in [3.63, 3.8) is 0 Å². The van der Waals surface area contributed by atoms with Crippen molar-refractivity contribution in [2.75, 3.05) is 29.9 Å². The number of nitrogens with one attached hydrogen (secondary N) is 2. The molecule has 35 heavy (non-hydrogen) atoms. The maximum atomic E-state index is 12.4. The van der Waals surface area contributed by atoms with Gasteiger partial charge < -0.3 is 20.1 Å². The number of pyridine rings is 2. The summed E-state index contributed by atoms with van der Waals surface area (Å²) in [6, 6.07) is 16.8. The van der Waals surface area contributed by atoms with E-state index in [0.717, 1.165) is 16.8 Å². The topological polar surface area (TPSA) is 129 Å². The Hall–Kier alpha value is -4.49. The largest absolute Gasteiger partial charge is 0.480 e. The molecule has 2 N–H and O–H groups in total. The van der Waals surface area contributed by atoms with Crippen LogP contribution in [0.15, 0.2) is 54.7 Å². The molecule has 0 saturated carbocycles. The lowest BCUT2D eigenvalue weighted by Gasteiger charge is -2.19. The standard InChI is InChI=1S/C25H22N6O4/c26-12-16-2-1-3-18(10-16)20-11-17(6-9-28-20)13-27-8-7-19-14-31(25(33)35-19)22-5-4-21-24(29-22)30-23(32)15-34-21/h1-6,9-11,19,27H,7-8,13-15H2,(H,29,30,32)/t19-/m0/s1. The van der Waals surface area contributed by atoms with Crippen LogP contribution >= 0.6 is 0 Å². The van der Waals surface area contributed by atoms with Crippen molar-refractivity contribution >= 4 is 23.6 Å². The van der Waals surface area contributed by atoms with E-state index < -0.39 is 6.09 Å². The highest BCUT2D eigenvalue weighted by molar-refractivity contribution is 5.95.